The number of hydrogen-bond acceptors (Lipinski definition) is 2. The molecule has 0 radical (unpaired) electrons. The van der Waals surface area contributed by atoms with E-state index in [0.717, 1.165) is 12.8 Å². The first-order valence-corrected chi connectivity index (χ1v) is 8.93. The van der Waals surface area contributed by atoms with Gasteiger partial charge in [0, 0.05) is 17.4 Å². The van der Waals surface area contributed by atoms with Crippen LogP contribution in [0.2, 0.25) is 0 Å². The second-order valence-electron chi connectivity index (χ2n) is 5.36. The minimum Gasteiger partial charge on any atom is -0.245 e. The zero-order chi connectivity index (χ0) is 15.6. The predicted octanol–water partition coefficient (Wildman–Crippen LogP) is 6.05. The lowest BCUT2D eigenvalue weighted by atomic mass is 10.1. The SMILES string of the molecule is CCCCCCCCC#Cc1cccc(-c2cscn2)c1F. The van der Waals surface area contributed by atoms with Gasteiger partial charge in [-0.05, 0) is 18.6 Å². The fraction of sp³-hybridized carbons (Fsp3) is 0.421. The van der Waals surface area contributed by atoms with Crippen molar-refractivity contribution in [2.45, 2.75) is 51.9 Å². The third-order valence-corrected chi connectivity index (χ3v) is 4.17. The molecule has 22 heavy (non-hydrogen) atoms. The molecule has 1 nitrogen and oxygen atoms in total. The fourth-order valence-corrected chi connectivity index (χ4v) is 2.88. The zero-order valence-corrected chi connectivity index (χ0v) is 13.9. The van der Waals surface area contributed by atoms with Crippen LogP contribution in [0.25, 0.3) is 11.3 Å². The van der Waals surface area contributed by atoms with E-state index in [9.17, 15) is 4.39 Å². The summed E-state index contributed by atoms with van der Waals surface area (Å²) in [4.78, 5) is 4.16. The number of thiazole rings is 1. The van der Waals surface area contributed by atoms with Crippen LogP contribution < -0.4 is 0 Å². The van der Waals surface area contributed by atoms with Gasteiger partial charge in [-0.2, -0.15) is 0 Å². The van der Waals surface area contributed by atoms with E-state index >= 15 is 0 Å². The van der Waals surface area contributed by atoms with Crippen molar-refractivity contribution in [1.29, 1.82) is 0 Å². The Kier molecular flexibility index (Phi) is 7.12. The maximum atomic E-state index is 14.4. The summed E-state index contributed by atoms with van der Waals surface area (Å²) in [5, 5.41) is 1.85. The van der Waals surface area contributed by atoms with Crippen molar-refractivity contribution >= 4 is 11.3 Å². The molecule has 1 heterocycles. The summed E-state index contributed by atoms with van der Waals surface area (Å²) >= 11 is 1.47. The van der Waals surface area contributed by atoms with Gasteiger partial charge in [0.2, 0.25) is 0 Å². The highest BCUT2D eigenvalue weighted by Gasteiger charge is 2.09. The van der Waals surface area contributed by atoms with Crippen molar-refractivity contribution < 1.29 is 4.39 Å². The number of rotatable bonds is 7. The first-order chi connectivity index (χ1) is 10.8. The molecule has 0 fully saturated rings. The van der Waals surface area contributed by atoms with E-state index in [0.29, 0.717) is 16.8 Å². The van der Waals surface area contributed by atoms with E-state index in [1.54, 1.807) is 17.6 Å². The molecule has 0 spiro atoms. The number of aromatic nitrogens is 1. The average molecular weight is 315 g/mol. The number of nitrogens with zero attached hydrogens (tertiary/aromatic N) is 1. The highest BCUT2D eigenvalue weighted by atomic mass is 32.1. The monoisotopic (exact) mass is 315 g/mol. The summed E-state index contributed by atoms with van der Waals surface area (Å²) in [6.07, 6.45) is 8.35. The smallest absolute Gasteiger partial charge is 0.148 e. The van der Waals surface area contributed by atoms with Crippen molar-refractivity contribution in [1.82, 2.24) is 4.98 Å². The molecule has 0 atom stereocenters. The molecular weight excluding hydrogens is 293 g/mol. The lowest BCUT2D eigenvalue weighted by Crippen LogP contribution is -1.89. The van der Waals surface area contributed by atoms with E-state index in [-0.39, 0.29) is 5.82 Å². The van der Waals surface area contributed by atoms with Gasteiger partial charge in [-0.25, -0.2) is 9.37 Å². The third kappa shape index (κ3) is 4.96. The van der Waals surface area contributed by atoms with E-state index in [1.807, 2.05) is 11.4 Å². The summed E-state index contributed by atoms with van der Waals surface area (Å²) in [6, 6.07) is 5.33. The standard InChI is InChI=1S/C19H22FNS/c1-2-3-4-5-6-7-8-9-11-16-12-10-13-17(19(16)20)18-14-22-15-21-18/h10,12-15H,2-8H2,1H3. The first kappa shape index (κ1) is 16.7. The largest absolute Gasteiger partial charge is 0.245 e. The normalized spacial score (nSPS) is 10.3. The Balaban J connectivity index is 1.89. The fourth-order valence-electron chi connectivity index (χ4n) is 2.32. The Hall–Kier alpha value is -1.66. The molecule has 3 heteroatoms. The molecule has 1 aromatic heterocycles. The van der Waals surface area contributed by atoms with Crippen molar-refractivity contribution in [3.8, 4) is 23.1 Å². The van der Waals surface area contributed by atoms with Crippen LogP contribution in [-0.4, -0.2) is 4.98 Å². The molecule has 0 amide bonds. The van der Waals surface area contributed by atoms with E-state index in [1.165, 1.54) is 43.4 Å². The minimum atomic E-state index is -0.260. The Morgan fingerprint density at radius 3 is 2.73 bits per heavy atom. The minimum absolute atomic E-state index is 0.260. The molecule has 0 bridgehead atoms. The molecule has 116 valence electrons. The first-order valence-electron chi connectivity index (χ1n) is 7.99. The lowest BCUT2D eigenvalue weighted by Gasteiger charge is -2.01. The molecule has 2 rings (SSSR count). The van der Waals surface area contributed by atoms with Crippen molar-refractivity contribution in [3.63, 3.8) is 0 Å². The summed E-state index contributed by atoms with van der Waals surface area (Å²) in [6.45, 7) is 2.22. The van der Waals surface area contributed by atoms with Gasteiger partial charge in [0.25, 0.3) is 0 Å². The van der Waals surface area contributed by atoms with Gasteiger partial charge in [0.15, 0.2) is 0 Å². The lowest BCUT2D eigenvalue weighted by molar-refractivity contribution is 0.613. The molecule has 0 aliphatic rings. The van der Waals surface area contributed by atoms with Crippen LogP contribution in [0.4, 0.5) is 4.39 Å². The average Bonchev–Trinajstić information content (AvgIpc) is 3.05. The molecule has 0 aliphatic heterocycles. The molecule has 0 saturated heterocycles. The molecule has 0 unspecified atom stereocenters. The summed E-state index contributed by atoms with van der Waals surface area (Å²) in [7, 11) is 0. The highest BCUT2D eigenvalue weighted by molar-refractivity contribution is 7.07. The van der Waals surface area contributed by atoms with Crippen molar-refractivity contribution in [2.24, 2.45) is 0 Å². The summed E-state index contributed by atoms with van der Waals surface area (Å²) in [5.41, 5.74) is 3.40. The Labute approximate surface area is 136 Å². The maximum Gasteiger partial charge on any atom is 0.148 e. The molecule has 0 aliphatic carbocycles. The van der Waals surface area contributed by atoms with E-state index in [2.05, 4.69) is 23.7 Å². The van der Waals surface area contributed by atoms with Crippen LogP contribution in [0, 0.1) is 17.7 Å². The zero-order valence-electron chi connectivity index (χ0n) is 13.1. The number of halogens is 1. The van der Waals surface area contributed by atoms with Crippen LogP contribution in [0.1, 0.15) is 57.4 Å². The van der Waals surface area contributed by atoms with Gasteiger partial charge in [-0.3, -0.25) is 0 Å². The van der Waals surface area contributed by atoms with Crippen LogP contribution in [0.5, 0.6) is 0 Å². The van der Waals surface area contributed by atoms with Gasteiger partial charge in [0.1, 0.15) is 5.82 Å². The van der Waals surface area contributed by atoms with Gasteiger partial charge < -0.3 is 0 Å². The Morgan fingerprint density at radius 2 is 1.95 bits per heavy atom. The van der Waals surface area contributed by atoms with Crippen molar-refractivity contribution in [2.75, 3.05) is 0 Å². The van der Waals surface area contributed by atoms with Crippen LogP contribution in [0.15, 0.2) is 29.1 Å². The van der Waals surface area contributed by atoms with Crippen molar-refractivity contribution in [3.05, 3.63) is 40.5 Å². The molecular formula is C19H22FNS. The second-order valence-corrected chi connectivity index (χ2v) is 6.08. The number of unbranched alkanes of at least 4 members (excludes halogenated alkanes) is 6. The summed E-state index contributed by atoms with van der Waals surface area (Å²) < 4.78 is 14.4. The topological polar surface area (TPSA) is 12.9 Å². The highest BCUT2D eigenvalue weighted by Crippen LogP contribution is 2.24. The Morgan fingerprint density at radius 1 is 1.14 bits per heavy atom. The molecule has 0 N–H and O–H groups in total. The molecule has 2 aromatic rings. The van der Waals surface area contributed by atoms with E-state index in [4.69, 9.17) is 0 Å². The van der Waals surface area contributed by atoms with Crippen LogP contribution in [0.3, 0.4) is 0 Å². The molecule has 1 aromatic carbocycles. The van der Waals surface area contributed by atoms with Gasteiger partial charge in [-0.1, -0.05) is 56.9 Å². The van der Waals surface area contributed by atoms with Crippen LogP contribution in [-0.2, 0) is 0 Å². The number of hydrogen-bond donors (Lipinski definition) is 0. The second kappa shape index (κ2) is 9.38. The van der Waals surface area contributed by atoms with E-state index < -0.39 is 0 Å². The van der Waals surface area contributed by atoms with Gasteiger partial charge in [-0.15, -0.1) is 11.3 Å². The summed E-state index contributed by atoms with van der Waals surface area (Å²) in [5.74, 6) is 5.81. The quantitative estimate of drug-likeness (QED) is 0.447. The predicted molar refractivity (Wildman–Crippen MR) is 92.4 cm³/mol. The maximum absolute atomic E-state index is 14.4. The third-order valence-electron chi connectivity index (χ3n) is 3.59. The van der Waals surface area contributed by atoms with Gasteiger partial charge in [0.05, 0.1) is 16.8 Å². The number of benzene rings is 1. The Bertz CT molecular complexity index is 623. The van der Waals surface area contributed by atoms with Crippen LogP contribution >= 0.6 is 11.3 Å². The van der Waals surface area contributed by atoms with Gasteiger partial charge >= 0.3 is 0 Å². The molecule has 0 saturated carbocycles.